The molecule has 1 aromatic carbocycles. The first-order chi connectivity index (χ1) is 18.4. The Bertz CT molecular complexity index is 1730. The Kier molecular flexibility index (Phi) is 5.64. The highest BCUT2D eigenvalue weighted by Gasteiger charge is 2.30. The SMILES string of the molecule is O=C(O)Nc1ccc(-c2[nH]c([C@@H]3CCc4nc(-c5cc(Cl)ccc5-n5cnnn5)cc(=O)n43)nc2F)nc1. The summed E-state index contributed by atoms with van der Waals surface area (Å²) in [4.78, 5) is 39.8. The molecule has 5 aromatic rings. The minimum atomic E-state index is -1.24. The Morgan fingerprint density at radius 1 is 1.18 bits per heavy atom. The quantitative estimate of drug-likeness (QED) is 0.306. The standard InChI is InChI=1S/C23H16ClFN10O3/c24-11-1-4-16(34-10-27-32-33-34)13(7-11)15-8-19(36)35-17(5-6-18(35)29-15)22-30-20(21(25)31-22)14-3-2-12(9-26-14)28-23(37)38/h1-4,7-10,17,28H,5-6H2,(H,30,31)(H,37,38)/t17-/m0/s1. The molecular formula is C23H16ClFN10O3. The number of carboxylic acid groups (broad SMARTS) is 1. The van der Waals surface area contributed by atoms with Gasteiger partial charge in [0.05, 0.1) is 35.0 Å². The Morgan fingerprint density at radius 3 is 2.79 bits per heavy atom. The number of rotatable bonds is 5. The summed E-state index contributed by atoms with van der Waals surface area (Å²) in [5.74, 6) is -0.0252. The molecule has 15 heteroatoms. The summed E-state index contributed by atoms with van der Waals surface area (Å²) in [7, 11) is 0. The molecule has 4 aromatic heterocycles. The molecule has 1 aliphatic rings. The Hall–Kier alpha value is -4.98. The van der Waals surface area contributed by atoms with Crippen molar-refractivity contribution in [2.24, 2.45) is 0 Å². The van der Waals surface area contributed by atoms with Gasteiger partial charge in [-0.3, -0.25) is 19.7 Å². The zero-order valence-corrected chi connectivity index (χ0v) is 20.0. The number of imidazole rings is 1. The summed E-state index contributed by atoms with van der Waals surface area (Å²) in [5.41, 5.74) is 1.73. The summed E-state index contributed by atoms with van der Waals surface area (Å²) in [6.07, 6.45) is 2.39. The number of aromatic amines is 1. The fraction of sp³-hybridized carbons (Fsp3) is 0.130. The summed E-state index contributed by atoms with van der Waals surface area (Å²) in [6, 6.07) is 8.84. The largest absolute Gasteiger partial charge is 0.465 e. The number of tetrazole rings is 1. The lowest BCUT2D eigenvalue weighted by Gasteiger charge is -2.14. The van der Waals surface area contributed by atoms with E-state index >= 15 is 0 Å². The molecule has 38 heavy (non-hydrogen) atoms. The third-order valence-electron chi connectivity index (χ3n) is 6.07. The number of nitrogens with one attached hydrogen (secondary N) is 2. The van der Waals surface area contributed by atoms with Gasteiger partial charge in [-0.05, 0) is 47.2 Å². The van der Waals surface area contributed by atoms with E-state index in [0.29, 0.717) is 40.6 Å². The van der Waals surface area contributed by atoms with E-state index in [4.69, 9.17) is 21.7 Å². The number of nitrogens with zero attached hydrogens (tertiary/aromatic N) is 8. The predicted octanol–water partition coefficient (Wildman–Crippen LogP) is 3.09. The molecule has 6 rings (SSSR count). The molecule has 0 spiro atoms. The number of carbonyl (C=O) groups is 1. The second-order valence-corrected chi connectivity index (χ2v) is 8.82. The van der Waals surface area contributed by atoms with Crippen LogP contribution in [0.1, 0.15) is 24.1 Å². The van der Waals surface area contributed by atoms with Crippen LogP contribution < -0.4 is 10.9 Å². The average molecular weight is 535 g/mol. The van der Waals surface area contributed by atoms with Crippen LogP contribution in [-0.2, 0) is 6.42 Å². The molecule has 0 radical (unpaired) electrons. The van der Waals surface area contributed by atoms with Crippen LogP contribution in [0, 0.1) is 5.95 Å². The highest BCUT2D eigenvalue weighted by molar-refractivity contribution is 6.31. The number of amides is 1. The number of aryl methyl sites for hydroxylation is 1. The molecule has 1 aliphatic heterocycles. The Morgan fingerprint density at radius 2 is 2.05 bits per heavy atom. The number of benzene rings is 1. The van der Waals surface area contributed by atoms with E-state index in [9.17, 15) is 14.0 Å². The van der Waals surface area contributed by atoms with E-state index in [1.807, 2.05) is 0 Å². The summed E-state index contributed by atoms with van der Waals surface area (Å²) >= 11 is 6.23. The average Bonchev–Trinajstić information content (AvgIpc) is 3.64. The molecule has 0 saturated carbocycles. The number of hydrogen-bond acceptors (Lipinski definition) is 8. The van der Waals surface area contributed by atoms with Gasteiger partial charge in [-0.1, -0.05) is 11.6 Å². The van der Waals surface area contributed by atoms with Gasteiger partial charge in [-0.25, -0.2) is 14.8 Å². The molecule has 1 atom stereocenters. The number of anilines is 1. The van der Waals surface area contributed by atoms with Crippen molar-refractivity contribution in [2.75, 3.05) is 5.32 Å². The molecule has 1 amide bonds. The molecule has 0 aliphatic carbocycles. The molecule has 3 N–H and O–H groups in total. The van der Waals surface area contributed by atoms with Gasteiger partial charge in [0.1, 0.15) is 23.7 Å². The minimum Gasteiger partial charge on any atom is -0.465 e. The first-order valence-corrected chi connectivity index (χ1v) is 11.6. The molecule has 0 unspecified atom stereocenters. The number of halogens is 2. The number of pyridine rings is 1. The lowest BCUT2D eigenvalue weighted by atomic mass is 10.1. The Labute approximate surface area is 217 Å². The minimum absolute atomic E-state index is 0.0259. The monoisotopic (exact) mass is 534 g/mol. The topological polar surface area (TPSA) is 169 Å². The smallest absolute Gasteiger partial charge is 0.409 e. The summed E-state index contributed by atoms with van der Waals surface area (Å²) in [5, 5.41) is 22.7. The van der Waals surface area contributed by atoms with Crippen molar-refractivity contribution in [3.8, 4) is 28.3 Å². The Balaban J connectivity index is 1.35. The van der Waals surface area contributed by atoms with Crippen LogP contribution in [0.2, 0.25) is 5.02 Å². The van der Waals surface area contributed by atoms with Crippen molar-refractivity contribution in [1.82, 2.24) is 44.7 Å². The normalized spacial score (nSPS) is 14.4. The van der Waals surface area contributed by atoms with Crippen molar-refractivity contribution in [3.05, 3.63) is 81.9 Å². The molecule has 190 valence electrons. The van der Waals surface area contributed by atoms with Crippen molar-refractivity contribution in [3.63, 3.8) is 0 Å². The van der Waals surface area contributed by atoms with Gasteiger partial charge in [0.15, 0.2) is 0 Å². The van der Waals surface area contributed by atoms with Gasteiger partial charge < -0.3 is 10.1 Å². The maximum Gasteiger partial charge on any atom is 0.409 e. The van der Waals surface area contributed by atoms with Crippen LogP contribution in [0.5, 0.6) is 0 Å². The van der Waals surface area contributed by atoms with Crippen molar-refractivity contribution >= 4 is 23.4 Å². The van der Waals surface area contributed by atoms with Crippen LogP contribution in [0.4, 0.5) is 14.9 Å². The molecule has 13 nitrogen and oxygen atoms in total. The van der Waals surface area contributed by atoms with Crippen molar-refractivity contribution in [1.29, 1.82) is 0 Å². The fourth-order valence-electron chi connectivity index (χ4n) is 4.46. The van der Waals surface area contributed by atoms with Gasteiger partial charge in [0.2, 0.25) is 5.95 Å². The van der Waals surface area contributed by atoms with Crippen LogP contribution in [-0.4, -0.2) is 55.9 Å². The number of hydrogen-bond donors (Lipinski definition) is 3. The van der Waals surface area contributed by atoms with E-state index in [1.165, 1.54) is 40.0 Å². The lowest BCUT2D eigenvalue weighted by molar-refractivity contribution is 0.209. The molecule has 5 heterocycles. The predicted molar refractivity (Wildman–Crippen MR) is 132 cm³/mol. The van der Waals surface area contributed by atoms with E-state index < -0.39 is 18.1 Å². The van der Waals surface area contributed by atoms with E-state index in [-0.39, 0.29) is 28.5 Å². The van der Waals surface area contributed by atoms with Crippen LogP contribution >= 0.6 is 11.6 Å². The maximum absolute atomic E-state index is 14.8. The third kappa shape index (κ3) is 4.16. The highest BCUT2D eigenvalue weighted by Crippen LogP contribution is 2.33. The van der Waals surface area contributed by atoms with Gasteiger partial charge in [0.25, 0.3) is 5.56 Å². The van der Waals surface area contributed by atoms with Crippen LogP contribution in [0.25, 0.3) is 28.3 Å². The summed E-state index contributed by atoms with van der Waals surface area (Å²) < 4.78 is 17.7. The van der Waals surface area contributed by atoms with Gasteiger partial charge in [0, 0.05) is 23.1 Å². The van der Waals surface area contributed by atoms with E-state index in [2.05, 4.69) is 35.8 Å². The summed E-state index contributed by atoms with van der Waals surface area (Å²) in [6.45, 7) is 0. The zero-order valence-electron chi connectivity index (χ0n) is 19.2. The van der Waals surface area contributed by atoms with Crippen molar-refractivity contribution < 1.29 is 14.3 Å². The third-order valence-corrected chi connectivity index (χ3v) is 6.31. The number of H-pyrrole nitrogens is 1. The van der Waals surface area contributed by atoms with Crippen molar-refractivity contribution in [2.45, 2.75) is 18.9 Å². The second kappa shape index (κ2) is 9.15. The second-order valence-electron chi connectivity index (χ2n) is 8.39. The van der Waals surface area contributed by atoms with Gasteiger partial charge in [-0.15, -0.1) is 5.10 Å². The molecule has 0 bridgehead atoms. The first kappa shape index (κ1) is 23.4. The first-order valence-electron chi connectivity index (χ1n) is 11.2. The molecular weight excluding hydrogens is 519 g/mol. The number of fused-ring (bicyclic) bond motifs is 1. The molecule has 0 saturated heterocycles. The molecule has 0 fully saturated rings. The van der Waals surface area contributed by atoms with E-state index in [1.54, 1.807) is 18.2 Å². The van der Waals surface area contributed by atoms with E-state index in [0.717, 1.165) is 0 Å². The lowest BCUT2D eigenvalue weighted by Crippen LogP contribution is -2.25. The highest BCUT2D eigenvalue weighted by atomic mass is 35.5. The van der Waals surface area contributed by atoms with Gasteiger partial charge in [-0.2, -0.15) is 9.07 Å². The fourth-order valence-corrected chi connectivity index (χ4v) is 4.63. The van der Waals surface area contributed by atoms with Gasteiger partial charge >= 0.3 is 6.09 Å². The zero-order chi connectivity index (χ0) is 26.4. The van der Waals surface area contributed by atoms with Crippen LogP contribution in [0.15, 0.2) is 53.7 Å². The maximum atomic E-state index is 14.8. The number of aromatic nitrogens is 9. The van der Waals surface area contributed by atoms with Crippen LogP contribution in [0.3, 0.4) is 0 Å².